The van der Waals surface area contributed by atoms with Gasteiger partial charge in [0.25, 0.3) is 0 Å². The Hall–Kier alpha value is -2.54. The van der Waals surface area contributed by atoms with E-state index in [1.165, 1.54) is 13.0 Å². The number of nitrogens with zero attached hydrogens (tertiary/aromatic N) is 1. The SMILES string of the molecule is CC(=O)N(CCC(=O)Nc1ccccc1)c1ccc(Cl)c(C(F)(F)F)c1. The van der Waals surface area contributed by atoms with E-state index in [9.17, 15) is 22.8 Å². The lowest BCUT2D eigenvalue weighted by atomic mass is 10.1. The molecular formula is C18H16ClF3N2O2. The normalized spacial score (nSPS) is 11.1. The molecule has 0 aliphatic heterocycles. The number of nitrogens with one attached hydrogen (secondary N) is 1. The highest BCUT2D eigenvalue weighted by Crippen LogP contribution is 2.37. The molecule has 0 aliphatic carbocycles. The first-order valence-electron chi connectivity index (χ1n) is 7.68. The molecule has 8 heteroatoms. The van der Waals surface area contributed by atoms with Gasteiger partial charge in [-0.15, -0.1) is 0 Å². The summed E-state index contributed by atoms with van der Waals surface area (Å²) in [5.74, 6) is -0.833. The van der Waals surface area contributed by atoms with Gasteiger partial charge in [0, 0.05) is 31.3 Å². The number of alkyl halides is 3. The molecule has 0 atom stereocenters. The molecule has 0 unspecified atom stereocenters. The molecule has 0 radical (unpaired) electrons. The summed E-state index contributed by atoms with van der Waals surface area (Å²) >= 11 is 5.60. The van der Waals surface area contributed by atoms with Crippen LogP contribution in [-0.4, -0.2) is 18.4 Å². The van der Waals surface area contributed by atoms with Gasteiger partial charge >= 0.3 is 6.18 Å². The number of hydrogen-bond donors (Lipinski definition) is 1. The van der Waals surface area contributed by atoms with Gasteiger partial charge in [-0.1, -0.05) is 29.8 Å². The van der Waals surface area contributed by atoms with Crippen LogP contribution < -0.4 is 10.2 Å². The van der Waals surface area contributed by atoms with Crippen molar-refractivity contribution in [2.75, 3.05) is 16.8 Å². The van der Waals surface area contributed by atoms with E-state index in [4.69, 9.17) is 11.6 Å². The van der Waals surface area contributed by atoms with Crippen LogP contribution in [0.4, 0.5) is 24.5 Å². The molecule has 0 aliphatic rings. The van der Waals surface area contributed by atoms with Crippen LogP contribution in [0.1, 0.15) is 18.9 Å². The van der Waals surface area contributed by atoms with Crippen LogP contribution in [0.2, 0.25) is 5.02 Å². The van der Waals surface area contributed by atoms with Gasteiger partial charge in [-0.25, -0.2) is 0 Å². The van der Waals surface area contributed by atoms with Crippen molar-refractivity contribution < 1.29 is 22.8 Å². The van der Waals surface area contributed by atoms with Crippen LogP contribution in [0.25, 0.3) is 0 Å². The standard InChI is InChI=1S/C18H16ClF3N2O2/c1-12(25)24(10-9-17(26)23-13-5-3-2-4-6-13)14-7-8-16(19)15(11-14)18(20,21)22/h2-8,11H,9-10H2,1H3,(H,23,26). The highest BCUT2D eigenvalue weighted by atomic mass is 35.5. The molecule has 26 heavy (non-hydrogen) atoms. The second-order valence-electron chi connectivity index (χ2n) is 5.50. The maximum Gasteiger partial charge on any atom is 0.417 e. The van der Waals surface area contributed by atoms with Crippen molar-refractivity contribution in [2.45, 2.75) is 19.5 Å². The zero-order valence-electron chi connectivity index (χ0n) is 13.8. The third kappa shape index (κ3) is 5.23. The summed E-state index contributed by atoms with van der Waals surface area (Å²) in [6, 6.07) is 11.9. The highest BCUT2D eigenvalue weighted by Gasteiger charge is 2.34. The minimum atomic E-state index is -4.64. The van der Waals surface area contributed by atoms with Gasteiger partial charge in [-0.3, -0.25) is 9.59 Å². The fourth-order valence-electron chi connectivity index (χ4n) is 2.33. The van der Waals surface area contributed by atoms with Crippen molar-refractivity contribution >= 4 is 34.8 Å². The van der Waals surface area contributed by atoms with E-state index in [0.717, 1.165) is 17.0 Å². The Bertz CT molecular complexity index is 795. The summed E-state index contributed by atoms with van der Waals surface area (Å²) in [5, 5.41) is 2.20. The molecule has 2 amide bonds. The maximum absolute atomic E-state index is 13.0. The van der Waals surface area contributed by atoms with Crippen molar-refractivity contribution in [1.82, 2.24) is 0 Å². The van der Waals surface area contributed by atoms with E-state index < -0.39 is 22.7 Å². The molecule has 0 saturated carbocycles. The number of para-hydroxylation sites is 1. The number of hydrogen-bond acceptors (Lipinski definition) is 2. The molecule has 2 aromatic carbocycles. The number of carbonyl (C=O) groups is 2. The Morgan fingerprint density at radius 3 is 2.35 bits per heavy atom. The minimum absolute atomic E-state index is 0.0294. The number of rotatable bonds is 5. The largest absolute Gasteiger partial charge is 0.417 e. The minimum Gasteiger partial charge on any atom is -0.326 e. The fourth-order valence-corrected chi connectivity index (χ4v) is 2.55. The Kier molecular flexibility index (Phi) is 6.26. The molecule has 2 rings (SSSR count). The van der Waals surface area contributed by atoms with Gasteiger partial charge in [-0.2, -0.15) is 13.2 Å². The zero-order valence-corrected chi connectivity index (χ0v) is 14.6. The molecular weight excluding hydrogens is 369 g/mol. The van der Waals surface area contributed by atoms with Gasteiger partial charge in [0.05, 0.1) is 10.6 Å². The Morgan fingerprint density at radius 1 is 1.12 bits per heavy atom. The number of carbonyl (C=O) groups excluding carboxylic acids is 2. The van der Waals surface area contributed by atoms with Crippen LogP contribution in [0, 0.1) is 0 Å². The number of amides is 2. The molecule has 0 bridgehead atoms. The lowest BCUT2D eigenvalue weighted by Crippen LogP contribution is -2.32. The molecule has 0 saturated heterocycles. The molecule has 0 aromatic heterocycles. The Morgan fingerprint density at radius 2 is 1.77 bits per heavy atom. The number of benzene rings is 2. The van der Waals surface area contributed by atoms with E-state index in [2.05, 4.69) is 5.32 Å². The van der Waals surface area contributed by atoms with Crippen molar-refractivity contribution in [3.63, 3.8) is 0 Å². The smallest absolute Gasteiger partial charge is 0.326 e. The first-order valence-corrected chi connectivity index (χ1v) is 8.06. The summed E-state index contributed by atoms with van der Waals surface area (Å²) in [6.07, 6.45) is -4.71. The molecule has 138 valence electrons. The summed E-state index contributed by atoms with van der Waals surface area (Å²) in [6.45, 7) is 1.16. The topological polar surface area (TPSA) is 49.4 Å². The van der Waals surface area contributed by atoms with Crippen molar-refractivity contribution in [3.05, 3.63) is 59.1 Å². The van der Waals surface area contributed by atoms with Crippen molar-refractivity contribution in [3.8, 4) is 0 Å². The Balaban J connectivity index is 2.12. The van der Waals surface area contributed by atoms with Crippen LogP contribution in [0.3, 0.4) is 0 Å². The predicted molar refractivity (Wildman–Crippen MR) is 94.2 cm³/mol. The number of halogens is 4. The monoisotopic (exact) mass is 384 g/mol. The summed E-state index contributed by atoms with van der Waals surface area (Å²) in [4.78, 5) is 24.9. The van der Waals surface area contributed by atoms with Crippen LogP contribution in [0.15, 0.2) is 48.5 Å². The lowest BCUT2D eigenvalue weighted by molar-refractivity contribution is -0.137. The van der Waals surface area contributed by atoms with E-state index >= 15 is 0 Å². The molecule has 2 aromatic rings. The summed E-state index contributed by atoms with van der Waals surface area (Å²) in [5.41, 5.74) is -0.406. The van der Waals surface area contributed by atoms with Gasteiger partial charge in [-0.05, 0) is 30.3 Å². The Labute approximate surface area is 153 Å². The van der Waals surface area contributed by atoms with E-state index in [-0.39, 0.29) is 24.6 Å². The molecule has 0 spiro atoms. The molecule has 1 N–H and O–H groups in total. The summed E-state index contributed by atoms with van der Waals surface area (Å²) in [7, 11) is 0. The first kappa shape index (κ1) is 19.8. The third-order valence-electron chi connectivity index (χ3n) is 3.57. The quantitative estimate of drug-likeness (QED) is 0.809. The van der Waals surface area contributed by atoms with E-state index in [0.29, 0.717) is 5.69 Å². The van der Waals surface area contributed by atoms with Crippen LogP contribution in [-0.2, 0) is 15.8 Å². The van der Waals surface area contributed by atoms with Crippen LogP contribution in [0.5, 0.6) is 0 Å². The average molecular weight is 385 g/mol. The first-order chi connectivity index (χ1) is 12.2. The zero-order chi connectivity index (χ0) is 19.3. The van der Waals surface area contributed by atoms with Crippen LogP contribution >= 0.6 is 11.6 Å². The van der Waals surface area contributed by atoms with Gasteiger partial charge in [0.1, 0.15) is 0 Å². The third-order valence-corrected chi connectivity index (χ3v) is 3.90. The van der Waals surface area contributed by atoms with Crippen molar-refractivity contribution in [2.24, 2.45) is 0 Å². The molecule has 4 nitrogen and oxygen atoms in total. The van der Waals surface area contributed by atoms with Gasteiger partial charge in [0.15, 0.2) is 0 Å². The molecule has 0 heterocycles. The average Bonchev–Trinajstić information content (AvgIpc) is 2.56. The number of anilines is 2. The van der Waals surface area contributed by atoms with E-state index in [1.54, 1.807) is 30.3 Å². The van der Waals surface area contributed by atoms with E-state index in [1.807, 2.05) is 0 Å². The van der Waals surface area contributed by atoms with Gasteiger partial charge < -0.3 is 10.2 Å². The second-order valence-corrected chi connectivity index (χ2v) is 5.90. The second kappa shape index (κ2) is 8.23. The highest BCUT2D eigenvalue weighted by molar-refractivity contribution is 6.31. The summed E-state index contributed by atoms with van der Waals surface area (Å²) < 4.78 is 39.0. The van der Waals surface area contributed by atoms with Crippen molar-refractivity contribution in [1.29, 1.82) is 0 Å². The predicted octanol–water partition coefficient (Wildman–Crippen LogP) is 4.74. The molecule has 0 fully saturated rings. The fraction of sp³-hybridized carbons (Fsp3) is 0.222. The maximum atomic E-state index is 13.0. The lowest BCUT2D eigenvalue weighted by Gasteiger charge is -2.22. The van der Waals surface area contributed by atoms with Gasteiger partial charge in [0.2, 0.25) is 11.8 Å².